The fraction of sp³-hybridized carbons (Fsp3) is 0.211. The molecule has 0 fully saturated rings. The number of carbonyl (C=O) groups excluding carboxylic acids is 2. The van der Waals surface area contributed by atoms with E-state index in [2.05, 4.69) is 20.8 Å². The third-order valence-electron chi connectivity index (χ3n) is 3.91. The molecule has 7 nitrogen and oxygen atoms in total. The van der Waals surface area contributed by atoms with Gasteiger partial charge in [-0.05, 0) is 60.2 Å². The Morgan fingerprint density at radius 3 is 2.44 bits per heavy atom. The molecule has 3 aromatic rings. The first kappa shape index (κ1) is 18.8. The van der Waals surface area contributed by atoms with Gasteiger partial charge in [-0.2, -0.15) is 4.68 Å². The standard InChI is InChI=1S/C19H19N5O2S/c1-3-17(18(26)20-15-11-9-14(10-12-15)13(2)25)27-19-21-22-23-24(19)16-7-5-4-6-8-16/h4-12,17H,3H2,1-2H3,(H,20,26). The Labute approximate surface area is 161 Å². The maximum Gasteiger partial charge on any atom is 0.237 e. The molecular weight excluding hydrogens is 362 g/mol. The fourth-order valence-electron chi connectivity index (χ4n) is 2.44. The van der Waals surface area contributed by atoms with Crippen molar-refractivity contribution in [2.75, 3.05) is 5.32 Å². The molecule has 0 radical (unpaired) electrons. The molecule has 0 aliphatic rings. The number of hydrogen-bond acceptors (Lipinski definition) is 6. The van der Waals surface area contributed by atoms with Crippen molar-refractivity contribution in [3.63, 3.8) is 0 Å². The van der Waals surface area contributed by atoms with Crippen molar-refractivity contribution in [3.05, 3.63) is 60.2 Å². The molecule has 1 amide bonds. The number of nitrogens with one attached hydrogen (secondary N) is 1. The van der Waals surface area contributed by atoms with Crippen molar-refractivity contribution in [1.82, 2.24) is 20.2 Å². The molecule has 0 saturated heterocycles. The highest BCUT2D eigenvalue weighted by Gasteiger charge is 2.22. The summed E-state index contributed by atoms with van der Waals surface area (Å²) in [4.78, 5) is 24.0. The second-order valence-corrected chi connectivity index (χ2v) is 7.02. The van der Waals surface area contributed by atoms with E-state index in [4.69, 9.17) is 0 Å². The smallest absolute Gasteiger partial charge is 0.237 e. The molecule has 1 aromatic heterocycles. The van der Waals surface area contributed by atoms with Gasteiger partial charge in [-0.25, -0.2) is 0 Å². The molecule has 27 heavy (non-hydrogen) atoms. The highest BCUT2D eigenvalue weighted by atomic mass is 32.2. The van der Waals surface area contributed by atoms with Crippen molar-refractivity contribution in [2.24, 2.45) is 0 Å². The van der Waals surface area contributed by atoms with Crippen LogP contribution >= 0.6 is 11.8 Å². The quantitative estimate of drug-likeness (QED) is 0.498. The molecule has 3 rings (SSSR count). The molecule has 0 spiro atoms. The molecule has 2 aromatic carbocycles. The molecule has 8 heteroatoms. The van der Waals surface area contributed by atoms with Crippen LogP contribution < -0.4 is 5.32 Å². The van der Waals surface area contributed by atoms with Crippen LogP contribution in [0.1, 0.15) is 30.6 Å². The van der Waals surface area contributed by atoms with Crippen LogP contribution in [0.3, 0.4) is 0 Å². The Bertz CT molecular complexity index is 925. The lowest BCUT2D eigenvalue weighted by molar-refractivity contribution is -0.115. The third kappa shape index (κ3) is 4.59. The predicted molar refractivity (Wildman–Crippen MR) is 104 cm³/mol. The summed E-state index contributed by atoms with van der Waals surface area (Å²) in [6, 6.07) is 16.4. The highest BCUT2D eigenvalue weighted by Crippen LogP contribution is 2.26. The molecule has 0 aliphatic heterocycles. The number of carbonyl (C=O) groups is 2. The lowest BCUT2D eigenvalue weighted by Gasteiger charge is -2.14. The van der Waals surface area contributed by atoms with E-state index < -0.39 is 0 Å². The van der Waals surface area contributed by atoms with Crippen molar-refractivity contribution < 1.29 is 9.59 Å². The van der Waals surface area contributed by atoms with Crippen LogP contribution in [0.5, 0.6) is 0 Å². The number of rotatable bonds is 7. The van der Waals surface area contributed by atoms with E-state index >= 15 is 0 Å². The van der Waals surface area contributed by atoms with Gasteiger partial charge in [0.05, 0.1) is 10.9 Å². The van der Waals surface area contributed by atoms with Crippen LogP contribution in [0.2, 0.25) is 0 Å². The monoisotopic (exact) mass is 381 g/mol. The number of hydrogen-bond donors (Lipinski definition) is 1. The minimum atomic E-state index is -0.356. The summed E-state index contributed by atoms with van der Waals surface area (Å²) in [5.74, 6) is -0.150. The van der Waals surface area contributed by atoms with Gasteiger partial charge in [0.2, 0.25) is 11.1 Å². The SMILES string of the molecule is CCC(Sc1nnnn1-c1ccccc1)C(=O)Nc1ccc(C(C)=O)cc1. The molecule has 1 heterocycles. The second-order valence-electron chi connectivity index (χ2n) is 5.85. The van der Waals surface area contributed by atoms with Gasteiger partial charge in [-0.15, -0.1) is 5.10 Å². The molecule has 138 valence electrons. The fourth-order valence-corrected chi connectivity index (χ4v) is 3.36. The van der Waals surface area contributed by atoms with E-state index in [0.717, 1.165) is 5.69 Å². The predicted octanol–water partition coefficient (Wildman–Crippen LogP) is 3.37. The average Bonchev–Trinajstić information content (AvgIpc) is 3.15. The highest BCUT2D eigenvalue weighted by molar-refractivity contribution is 8.00. The minimum Gasteiger partial charge on any atom is -0.325 e. The Kier molecular flexibility index (Phi) is 5.97. The van der Waals surface area contributed by atoms with Gasteiger partial charge in [-0.3, -0.25) is 9.59 Å². The Morgan fingerprint density at radius 1 is 1.11 bits per heavy atom. The maximum absolute atomic E-state index is 12.7. The summed E-state index contributed by atoms with van der Waals surface area (Å²) < 4.78 is 1.61. The lowest BCUT2D eigenvalue weighted by Crippen LogP contribution is -2.25. The number of nitrogens with zero attached hydrogens (tertiary/aromatic N) is 4. The molecule has 0 bridgehead atoms. The first-order valence-corrected chi connectivity index (χ1v) is 9.38. The summed E-state index contributed by atoms with van der Waals surface area (Å²) in [6.07, 6.45) is 0.615. The van der Waals surface area contributed by atoms with E-state index in [-0.39, 0.29) is 16.9 Å². The van der Waals surface area contributed by atoms with Crippen molar-refractivity contribution in [3.8, 4) is 5.69 Å². The van der Waals surface area contributed by atoms with Crippen molar-refractivity contribution in [1.29, 1.82) is 0 Å². The van der Waals surface area contributed by atoms with E-state index in [9.17, 15) is 9.59 Å². The van der Waals surface area contributed by atoms with Gasteiger partial charge >= 0.3 is 0 Å². The molecular formula is C19H19N5O2S. The second kappa shape index (κ2) is 8.59. The lowest BCUT2D eigenvalue weighted by atomic mass is 10.1. The zero-order valence-electron chi connectivity index (χ0n) is 15.0. The Hall–Kier alpha value is -3.00. The summed E-state index contributed by atoms with van der Waals surface area (Å²) >= 11 is 1.31. The summed E-state index contributed by atoms with van der Waals surface area (Å²) in [6.45, 7) is 3.45. The van der Waals surface area contributed by atoms with Gasteiger partial charge in [0.25, 0.3) is 0 Å². The number of anilines is 1. The van der Waals surface area contributed by atoms with Crippen LogP contribution in [-0.2, 0) is 4.79 Å². The van der Waals surface area contributed by atoms with Crippen molar-refractivity contribution in [2.45, 2.75) is 30.7 Å². The Balaban J connectivity index is 1.71. The summed E-state index contributed by atoms with van der Waals surface area (Å²) in [7, 11) is 0. The Morgan fingerprint density at radius 2 is 1.81 bits per heavy atom. The summed E-state index contributed by atoms with van der Waals surface area (Å²) in [5, 5.41) is 14.9. The number of para-hydroxylation sites is 1. The maximum atomic E-state index is 12.7. The number of amides is 1. The average molecular weight is 381 g/mol. The first-order valence-electron chi connectivity index (χ1n) is 8.50. The normalized spacial score (nSPS) is 11.8. The van der Waals surface area contributed by atoms with Crippen LogP contribution in [-0.4, -0.2) is 37.1 Å². The number of tetrazole rings is 1. The van der Waals surface area contributed by atoms with E-state index in [0.29, 0.717) is 22.8 Å². The van der Waals surface area contributed by atoms with E-state index in [1.54, 1.807) is 28.9 Å². The van der Waals surface area contributed by atoms with Gasteiger partial charge in [0.15, 0.2) is 5.78 Å². The zero-order chi connectivity index (χ0) is 19.2. The number of ketones is 1. The van der Waals surface area contributed by atoms with Gasteiger partial charge < -0.3 is 5.32 Å². The molecule has 0 aliphatic carbocycles. The van der Waals surface area contributed by atoms with E-state index in [1.807, 2.05) is 37.3 Å². The van der Waals surface area contributed by atoms with Gasteiger partial charge in [-0.1, -0.05) is 36.9 Å². The summed E-state index contributed by atoms with van der Waals surface area (Å²) in [5.41, 5.74) is 2.09. The first-order chi connectivity index (χ1) is 13.1. The third-order valence-corrected chi connectivity index (χ3v) is 5.21. The largest absolute Gasteiger partial charge is 0.325 e. The molecule has 0 saturated carbocycles. The van der Waals surface area contributed by atoms with Crippen LogP contribution in [0.4, 0.5) is 5.69 Å². The van der Waals surface area contributed by atoms with Crippen LogP contribution in [0, 0.1) is 0 Å². The van der Waals surface area contributed by atoms with Crippen LogP contribution in [0.25, 0.3) is 5.69 Å². The topological polar surface area (TPSA) is 89.8 Å². The van der Waals surface area contributed by atoms with Crippen LogP contribution in [0.15, 0.2) is 59.8 Å². The van der Waals surface area contributed by atoms with Gasteiger partial charge in [0.1, 0.15) is 0 Å². The van der Waals surface area contributed by atoms with Crippen molar-refractivity contribution >= 4 is 29.1 Å². The van der Waals surface area contributed by atoms with E-state index in [1.165, 1.54) is 18.7 Å². The molecule has 1 unspecified atom stereocenters. The number of benzene rings is 2. The number of Topliss-reactive ketones (excluding diaryl/α,β-unsaturated/α-hetero) is 1. The molecule has 1 N–H and O–H groups in total. The minimum absolute atomic E-state index is 0.0115. The van der Waals surface area contributed by atoms with Gasteiger partial charge in [0, 0.05) is 11.3 Å². The number of thioether (sulfide) groups is 1. The molecule has 1 atom stereocenters. The zero-order valence-corrected chi connectivity index (χ0v) is 15.8. The number of aromatic nitrogens is 4.